The molecule has 1 saturated heterocycles. The second-order valence-electron chi connectivity index (χ2n) is 6.95. The van der Waals surface area contributed by atoms with E-state index >= 15 is 0 Å². The molecule has 0 unspecified atom stereocenters. The molecule has 1 heterocycles. The van der Waals surface area contributed by atoms with Crippen molar-refractivity contribution in [2.24, 2.45) is 0 Å². The first-order valence-corrected chi connectivity index (χ1v) is 11.4. The number of thiocarbonyl (C=S) groups is 1. The lowest BCUT2D eigenvalue weighted by molar-refractivity contribution is -0.113. The van der Waals surface area contributed by atoms with Gasteiger partial charge in [-0.1, -0.05) is 69.7 Å². The first-order chi connectivity index (χ1) is 14.9. The maximum atomic E-state index is 13.1. The van der Waals surface area contributed by atoms with E-state index in [0.717, 1.165) is 26.9 Å². The van der Waals surface area contributed by atoms with E-state index in [1.54, 1.807) is 23.1 Å². The third kappa shape index (κ3) is 5.06. The molecule has 1 amide bonds. The molecule has 1 fully saturated rings. The number of benzene rings is 3. The van der Waals surface area contributed by atoms with Gasteiger partial charge in [-0.15, -0.1) is 0 Å². The second kappa shape index (κ2) is 9.34. The van der Waals surface area contributed by atoms with Crippen LogP contribution in [0.4, 0.5) is 10.1 Å². The van der Waals surface area contributed by atoms with E-state index in [4.69, 9.17) is 17.0 Å². The van der Waals surface area contributed by atoms with Gasteiger partial charge in [-0.3, -0.25) is 9.69 Å². The molecule has 3 aromatic rings. The third-order valence-electron chi connectivity index (χ3n) is 4.65. The SMILES string of the molecule is Cc1ccc(N2C(=O)/C(=C\c3cc(Br)ccc3OCc3ccc(F)cc3)SC2=S)cc1. The summed E-state index contributed by atoms with van der Waals surface area (Å²) < 4.78 is 20.4. The Morgan fingerprint density at radius 2 is 1.81 bits per heavy atom. The molecule has 0 atom stereocenters. The van der Waals surface area contributed by atoms with Crippen LogP contribution in [0.25, 0.3) is 6.08 Å². The molecule has 7 heteroatoms. The molecule has 0 radical (unpaired) electrons. The van der Waals surface area contributed by atoms with E-state index in [1.165, 1.54) is 23.9 Å². The Labute approximate surface area is 198 Å². The quantitative estimate of drug-likeness (QED) is 0.274. The van der Waals surface area contributed by atoms with Crippen LogP contribution in [0.2, 0.25) is 0 Å². The van der Waals surface area contributed by atoms with Crippen molar-refractivity contribution in [2.75, 3.05) is 4.90 Å². The minimum absolute atomic E-state index is 0.164. The second-order valence-corrected chi connectivity index (χ2v) is 9.54. The van der Waals surface area contributed by atoms with Gasteiger partial charge in [0.2, 0.25) is 0 Å². The summed E-state index contributed by atoms with van der Waals surface area (Å²) in [6.45, 7) is 2.28. The predicted octanol–water partition coefficient (Wildman–Crippen LogP) is 6.88. The molecule has 1 aliphatic heterocycles. The molecule has 0 N–H and O–H groups in total. The average Bonchev–Trinajstić information content (AvgIpc) is 3.02. The molecular weight excluding hydrogens is 497 g/mol. The largest absolute Gasteiger partial charge is 0.488 e. The molecule has 3 nitrogen and oxygen atoms in total. The highest BCUT2D eigenvalue weighted by Crippen LogP contribution is 2.37. The number of carbonyl (C=O) groups is 1. The molecule has 0 bridgehead atoms. The zero-order chi connectivity index (χ0) is 22.0. The van der Waals surface area contributed by atoms with Crippen LogP contribution in [-0.2, 0) is 11.4 Å². The van der Waals surface area contributed by atoms with Crippen LogP contribution in [0.3, 0.4) is 0 Å². The van der Waals surface area contributed by atoms with E-state index in [-0.39, 0.29) is 18.3 Å². The fraction of sp³-hybridized carbons (Fsp3) is 0.0833. The van der Waals surface area contributed by atoms with Gasteiger partial charge in [0.05, 0.1) is 10.6 Å². The van der Waals surface area contributed by atoms with Gasteiger partial charge in [0, 0.05) is 10.0 Å². The minimum atomic E-state index is -0.288. The molecule has 4 rings (SSSR count). The highest BCUT2D eigenvalue weighted by atomic mass is 79.9. The van der Waals surface area contributed by atoms with Crippen molar-refractivity contribution in [3.05, 3.63) is 98.6 Å². The Bertz CT molecular complexity index is 1180. The Morgan fingerprint density at radius 3 is 2.52 bits per heavy atom. The number of hydrogen-bond donors (Lipinski definition) is 0. The van der Waals surface area contributed by atoms with Gasteiger partial charge < -0.3 is 4.74 Å². The summed E-state index contributed by atoms with van der Waals surface area (Å²) in [6.07, 6.45) is 1.79. The van der Waals surface area contributed by atoms with E-state index in [1.807, 2.05) is 49.4 Å². The van der Waals surface area contributed by atoms with Gasteiger partial charge in [0.15, 0.2) is 4.32 Å². The Balaban J connectivity index is 1.59. The van der Waals surface area contributed by atoms with Crippen molar-refractivity contribution in [2.45, 2.75) is 13.5 Å². The van der Waals surface area contributed by atoms with E-state index in [2.05, 4.69) is 15.9 Å². The number of carbonyl (C=O) groups excluding carboxylic acids is 1. The van der Waals surface area contributed by atoms with E-state index < -0.39 is 0 Å². The predicted molar refractivity (Wildman–Crippen MR) is 132 cm³/mol. The lowest BCUT2D eigenvalue weighted by Crippen LogP contribution is -2.27. The summed E-state index contributed by atoms with van der Waals surface area (Å²) >= 11 is 10.2. The van der Waals surface area contributed by atoms with E-state index in [0.29, 0.717) is 15.0 Å². The molecule has 0 aliphatic carbocycles. The molecule has 0 spiro atoms. The Kier molecular flexibility index (Phi) is 6.55. The summed E-state index contributed by atoms with van der Waals surface area (Å²) in [7, 11) is 0. The fourth-order valence-electron chi connectivity index (χ4n) is 3.03. The standard InChI is InChI=1S/C24H17BrFNO2S2/c1-15-2-9-20(10-3-15)27-23(28)22(31-24(27)30)13-17-12-18(25)6-11-21(17)29-14-16-4-7-19(26)8-5-16/h2-13H,14H2,1H3/b22-13+. The monoisotopic (exact) mass is 513 g/mol. The number of halogens is 2. The first kappa shape index (κ1) is 21.7. The van der Waals surface area contributed by atoms with Crippen LogP contribution >= 0.6 is 39.9 Å². The van der Waals surface area contributed by atoms with E-state index in [9.17, 15) is 9.18 Å². The molecule has 31 heavy (non-hydrogen) atoms. The zero-order valence-corrected chi connectivity index (χ0v) is 19.7. The van der Waals surface area contributed by atoms with Crippen LogP contribution < -0.4 is 9.64 Å². The maximum absolute atomic E-state index is 13.1. The number of amides is 1. The summed E-state index contributed by atoms with van der Waals surface area (Å²) in [4.78, 5) is 15.1. The number of aryl methyl sites for hydroxylation is 1. The Hall–Kier alpha value is -2.48. The van der Waals surface area contributed by atoms with Crippen molar-refractivity contribution in [1.82, 2.24) is 0 Å². The van der Waals surface area contributed by atoms with Crippen molar-refractivity contribution in [1.29, 1.82) is 0 Å². The number of nitrogens with zero attached hydrogens (tertiary/aromatic N) is 1. The zero-order valence-electron chi connectivity index (χ0n) is 16.5. The molecule has 156 valence electrons. The van der Waals surface area contributed by atoms with Gasteiger partial charge in [-0.05, 0) is 61.0 Å². The van der Waals surface area contributed by atoms with Gasteiger partial charge in [0.25, 0.3) is 5.91 Å². The molecule has 1 aliphatic rings. The normalized spacial score (nSPS) is 15.1. The van der Waals surface area contributed by atoms with Gasteiger partial charge in [-0.2, -0.15) is 0 Å². The smallest absolute Gasteiger partial charge is 0.270 e. The lowest BCUT2D eigenvalue weighted by atomic mass is 10.1. The van der Waals surface area contributed by atoms with Crippen LogP contribution in [0.5, 0.6) is 5.75 Å². The summed E-state index contributed by atoms with van der Waals surface area (Å²) in [6, 6.07) is 19.4. The van der Waals surface area contributed by atoms with Crippen molar-refractivity contribution < 1.29 is 13.9 Å². The number of hydrogen-bond acceptors (Lipinski definition) is 4. The van der Waals surface area contributed by atoms with Crippen molar-refractivity contribution in [3.63, 3.8) is 0 Å². The van der Waals surface area contributed by atoms with Crippen molar-refractivity contribution >= 4 is 61.9 Å². The van der Waals surface area contributed by atoms with Gasteiger partial charge in [0.1, 0.15) is 18.2 Å². The topological polar surface area (TPSA) is 29.5 Å². The number of ether oxygens (including phenoxy) is 1. The van der Waals surface area contributed by atoms with Gasteiger partial charge >= 0.3 is 0 Å². The van der Waals surface area contributed by atoms with Crippen LogP contribution in [0.15, 0.2) is 76.1 Å². The van der Waals surface area contributed by atoms with Crippen molar-refractivity contribution in [3.8, 4) is 5.75 Å². The molecule has 0 saturated carbocycles. The van der Waals surface area contributed by atoms with Crippen LogP contribution in [0, 0.1) is 12.7 Å². The number of rotatable bonds is 5. The lowest BCUT2D eigenvalue weighted by Gasteiger charge is -2.14. The fourth-order valence-corrected chi connectivity index (χ4v) is 4.70. The average molecular weight is 514 g/mol. The van der Waals surface area contributed by atoms with Gasteiger partial charge in [-0.25, -0.2) is 4.39 Å². The highest BCUT2D eigenvalue weighted by Gasteiger charge is 2.33. The van der Waals surface area contributed by atoms with Crippen LogP contribution in [-0.4, -0.2) is 10.2 Å². The molecule has 0 aromatic heterocycles. The maximum Gasteiger partial charge on any atom is 0.270 e. The summed E-state index contributed by atoms with van der Waals surface area (Å²) in [5.74, 6) is 0.167. The molecular formula is C24H17BrFNO2S2. The van der Waals surface area contributed by atoms with Crippen LogP contribution in [0.1, 0.15) is 16.7 Å². The molecule has 3 aromatic carbocycles. The highest BCUT2D eigenvalue weighted by molar-refractivity contribution is 9.10. The number of anilines is 1. The Morgan fingerprint density at radius 1 is 1.10 bits per heavy atom. The summed E-state index contributed by atoms with van der Waals surface area (Å²) in [5.41, 5.74) is 3.46. The first-order valence-electron chi connectivity index (χ1n) is 9.42. The third-order valence-corrected chi connectivity index (χ3v) is 6.45. The number of thioether (sulfide) groups is 1. The summed E-state index contributed by atoms with van der Waals surface area (Å²) in [5, 5.41) is 0. The minimum Gasteiger partial charge on any atom is -0.488 e.